The third-order valence-electron chi connectivity index (χ3n) is 6.47. The summed E-state index contributed by atoms with van der Waals surface area (Å²) >= 11 is 0. The summed E-state index contributed by atoms with van der Waals surface area (Å²) in [6, 6.07) is 0. The molecule has 3 rings (SSSR count). The van der Waals surface area contributed by atoms with Gasteiger partial charge in [0.1, 0.15) is 11.3 Å². The number of unbranched alkanes of at least 4 members (excludes halogenated alkanes) is 7. The lowest BCUT2D eigenvalue weighted by Crippen LogP contribution is -2.40. The molecule has 0 bridgehead atoms. The highest BCUT2D eigenvalue weighted by Gasteiger charge is 2.54. The molecule has 5 nitrogen and oxygen atoms in total. The molecule has 0 aromatic heterocycles. The fourth-order valence-electron chi connectivity index (χ4n) is 4.53. The van der Waals surface area contributed by atoms with Gasteiger partial charge in [-0.3, -0.25) is 9.59 Å². The van der Waals surface area contributed by atoms with Crippen LogP contribution in [0.2, 0.25) is 0 Å². The van der Waals surface area contributed by atoms with E-state index in [0.717, 1.165) is 19.3 Å². The van der Waals surface area contributed by atoms with Crippen LogP contribution in [0.5, 0.6) is 0 Å². The number of Topliss-reactive ketones (excluding diaryl/α,β-unsaturated/α-hetero) is 1. The van der Waals surface area contributed by atoms with E-state index in [-0.39, 0.29) is 23.1 Å². The summed E-state index contributed by atoms with van der Waals surface area (Å²) in [6.07, 6.45) is 15.0. The van der Waals surface area contributed by atoms with Gasteiger partial charge >= 0.3 is 5.97 Å². The lowest BCUT2D eigenvalue weighted by atomic mass is 9.75. The lowest BCUT2D eigenvalue weighted by Gasteiger charge is -2.31. The Bertz CT molecular complexity index is 885. The van der Waals surface area contributed by atoms with Crippen LogP contribution in [-0.4, -0.2) is 23.1 Å². The van der Waals surface area contributed by atoms with Gasteiger partial charge in [-0.15, -0.1) is 0 Å². The number of allylic oxidation sites excluding steroid dienone is 3. The Morgan fingerprint density at radius 1 is 1.03 bits per heavy atom. The Labute approximate surface area is 185 Å². The van der Waals surface area contributed by atoms with Crippen molar-refractivity contribution in [1.29, 1.82) is 0 Å². The maximum Gasteiger partial charge on any atom is 0.343 e. The SMILES string of the molecule is CCCCCCCCCCC(C)C(=O)C1=C2C3=COC(C)=CC3=CC(=O)C2(C)OC1=O. The second-order valence-electron chi connectivity index (χ2n) is 9.07. The minimum atomic E-state index is -1.46. The van der Waals surface area contributed by atoms with E-state index in [4.69, 9.17) is 9.47 Å². The monoisotopic (exact) mass is 426 g/mol. The summed E-state index contributed by atoms with van der Waals surface area (Å²) < 4.78 is 11.0. The van der Waals surface area contributed by atoms with Crippen molar-refractivity contribution in [3.8, 4) is 0 Å². The number of rotatable bonds is 11. The Morgan fingerprint density at radius 2 is 1.68 bits per heavy atom. The summed E-state index contributed by atoms with van der Waals surface area (Å²) in [5.41, 5.74) is 0.146. The molecule has 0 radical (unpaired) electrons. The number of ether oxygens (including phenoxy) is 2. The highest BCUT2D eigenvalue weighted by molar-refractivity contribution is 6.24. The molecule has 5 heteroatoms. The van der Waals surface area contributed by atoms with Crippen LogP contribution in [0.1, 0.15) is 85.5 Å². The first kappa shape index (κ1) is 23.2. The molecule has 3 aliphatic rings. The molecule has 2 heterocycles. The Morgan fingerprint density at radius 3 is 2.35 bits per heavy atom. The summed E-state index contributed by atoms with van der Waals surface area (Å²) in [5.74, 6) is -0.932. The molecule has 0 saturated heterocycles. The predicted molar refractivity (Wildman–Crippen MR) is 119 cm³/mol. The number of fused-ring (bicyclic) bond motifs is 3. The van der Waals surface area contributed by atoms with Crippen molar-refractivity contribution in [3.05, 3.63) is 46.5 Å². The van der Waals surface area contributed by atoms with Crippen molar-refractivity contribution >= 4 is 17.5 Å². The van der Waals surface area contributed by atoms with Crippen molar-refractivity contribution in [2.45, 2.75) is 91.1 Å². The van der Waals surface area contributed by atoms with Crippen LogP contribution in [0.15, 0.2) is 46.5 Å². The number of esters is 1. The van der Waals surface area contributed by atoms with Gasteiger partial charge in [0, 0.05) is 17.1 Å². The second kappa shape index (κ2) is 9.80. The van der Waals surface area contributed by atoms with Crippen molar-refractivity contribution in [2.75, 3.05) is 0 Å². The molecule has 0 aromatic rings. The van der Waals surface area contributed by atoms with E-state index >= 15 is 0 Å². The quantitative estimate of drug-likeness (QED) is 0.242. The van der Waals surface area contributed by atoms with Crippen molar-refractivity contribution < 1.29 is 23.9 Å². The van der Waals surface area contributed by atoms with Gasteiger partial charge < -0.3 is 9.47 Å². The molecule has 168 valence electrons. The molecular weight excluding hydrogens is 392 g/mol. The number of ketones is 2. The topological polar surface area (TPSA) is 69.7 Å². The van der Waals surface area contributed by atoms with Gasteiger partial charge in [0.25, 0.3) is 0 Å². The highest BCUT2D eigenvalue weighted by atomic mass is 16.6. The number of hydrogen-bond acceptors (Lipinski definition) is 5. The summed E-state index contributed by atoms with van der Waals surface area (Å²) in [5, 5.41) is 0. The normalized spacial score (nSPS) is 23.3. The number of carbonyl (C=O) groups is 3. The highest BCUT2D eigenvalue weighted by Crippen LogP contribution is 2.46. The minimum Gasteiger partial charge on any atom is -0.469 e. The molecule has 0 saturated carbocycles. The molecule has 0 fully saturated rings. The first-order chi connectivity index (χ1) is 14.8. The lowest BCUT2D eigenvalue weighted by molar-refractivity contribution is -0.153. The van der Waals surface area contributed by atoms with Gasteiger partial charge in [0.2, 0.25) is 5.78 Å². The van der Waals surface area contributed by atoms with E-state index in [0.29, 0.717) is 22.5 Å². The largest absolute Gasteiger partial charge is 0.469 e. The smallest absolute Gasteiger partial charge is 0.343 e. The molecule has 2 atom stereocenters. The van der Waals surface area contributed by atoms with Crippen LogP contribution in [-0.2, 0) is 23.9 Å². The zero-order valence-electron chi connectivity index (χ0n) is 19.2. The van der Waals surface area contributed by atoms with E-state index in [1.807, 2.05) is 6.92 Å². The summed E-state index contributed by atoms with van der Waals surface area (Å²) in [4.78, 5) is 38.8. The molecule has 31 heavy (non-hydrogen) atoms. The third kappa shape index (κ3) is 4.76. The van der Waals surface area contributed by atoms with E-state index < -0.39 is 11.6 Å². The first-order valence-corrected chi connectivity index (χ1v) is 11.6. The molecule has 2 aliphatic heterocycles. The van der Waals surface area contributed by atoms with E-state index in [1.54, 1.807) is 19.9 Å². The van der Waals surface area contributed by atoms with Crippen LogP contribution in [0.4, 0.5) is 0 Å². The third-order valence-corrected chi connectivity index (χ3v) is 6.47. The first-order valence-electron chi connectivity index (χ1n) is 11.6. The average molecular weight is 427 g/mol. The fourth-order valence-corrected chi connectivity index (χ4v) is 4.53. The second-order valence-corrected chi connectivity index (χ2v) is 9.07. The molecule has 0 aromatic carbocycles. The van der Waals surface area contributed by atoms with Crippen molar-refractivity contribution in [3.63, 3.8) is 0 Å². The zero-order valence-corrected chi connectivity index (χ0v) is 19.2. The van der Waals surface area contributed by atoms with Crippen LogP contribution >= 0.6 is 0 Å². The number of hydrogen-bond donors (Lipinski definition) is 0. The molecule has 0 spiro atoms. The van der Waals surface area contributed by atoms with E-state index in [9.17, 15) is 14.4 Å². The number of carbonyl (C=O) groups excluding carboxylic acids is 3. The standard InChI is InChI=1S/C26H34O5/c1-5-6-7-8-9-10-11-12-13-17(2)24(28)22-23-20-16-30-18(3)14-19(20)15-21(27)26(23,4)31-25(22)29/h14-17H,5-13H2,1-4H3. The zero-order chi connectivity index (χ0) is 22.6. The van der Waals surface area contributed by atoms with Crippen molar-refractivity contribution in [2.24, 2.45) is 5.92 Å². The molecule has 0 amide bonds. The van der Waals surface area contributed by atoms with E-state index in [1.165, 1.54) is 50.9 Å². The minimum absolute atomic E-state index is 0.0105. The maximum absolute atomic E-state index is 13.3. The summed E-state index contributed by atoms with van der Waals surface area (Å²) in [7, 11) is 0. The molecular formula is C26H34O5. The van der Waals surface area contributed by atoms with Crippen LogP contribution < -0.4 is 0 Å². The molecule has 2 unspecified atom stereocenters. The van der Waals surface area contributed by atoms with Crippen LogP contribution in [0.3, 0.4) is 0 Å². The van der Waals surface area contributed by atoms with Gasteiger partial charge in [0.15, 0.2) is 11.4 Å². The van der Waals surface area contributed by atoms with Gasteiger partial charge in [0.05, 0.1) is 6.26 Å². The van der Waals surface area contributed by atoms with Gasteiger partial charge in [-0.1, -0.05) is 65.2 Å². The van der Waals surface area contributed by atoms with Gasteiger partial charge in [-0.2, -0.15) is 0 Å². The average Bonchev–Trinajstić information content (AvgIpc) is 3.01. The van der Waals surface area contributed by atoms with Crippen molar-refractivity contribution in [1.82, 2.24) is 0 Å². The Balaban J connectivity index is 1.70. The Hall–Kier alpha value is -2.43. The molecule has 1 aliphatic carbocycles. The van der Waals surface area contributed by atoms with Crippen LogP contribution in [0, 0.1) is 5.92 Å². The fraction of sp³-hybridized carbons (Fsp3) is 0.577. The van der Waals surface area contributed by atoms with E-state index in [2.05, 4.69) is 6.92 Å². The molecule has 0 N–H and O–H groups in total. The maximum atomic E-state index is 13.3. The van der Waals surface area contributed by atoms with Gasteiger partial charge in [-0.05, 0) is 38.0 Å². The van der Waals surface area contributed by atoms with Gasteiger partial charge in [-0.25, -0.2) is 4.79 Å². The van der Waals surface area contributed by atoms with Crippen LogP contribution in [0.25, 0.3) is 0 Å². The predicted octanol–water partition coefficient (Wildman–Crippen LogP) is 5.66. The summed E-state index contributed by atoms with van der Waals surface area (Å²) in [6.45, 7) is 7.42. The Kier molecular flexibility index (Phi) is 7.34.